The van der Waals surface area contributed by atoms with Gasteiger partial charge in [0, 0.05) is 18.7 Å². The van der Waals surface area contributed by atoms with Gasteiger partial charge in [-0.05, 0) is 24.3 Å². The van der Waals surface area contributed by atoms with E-state index in [1.807, 2.05) is 0 Å². The smallest absolute Gasteiger partial charge is 0.406 e. The van der Waals surface area contributed by atoms with E-state index in [-0.39, 0.29) is 35.8 Å². The zero-order valence-electron chi connectivity index (χ0n) is 18.6. The molecule has 196 valence electrons. The van der Waals surface area contributed by atoms with Crippen LogP contribution in [0, 0.1) is 0 Å². The molecular formula is C20H17F6N9O2. The Labute approximate surface area is 203 Å². The molecule has 2 N–H and O–H groups in total. The second kappa shape index (κ2) is 9.38. The molecule has 0 atom stereocenters. The Morgan fingerprint density at radius 3 is 2.41 bits per heavy atom. The fourth-order valence-corrected chi connectivity index (χ4v) is 3.57. The largest absolute Gasteiger partial charge is 0.573 e. The van der Waals surface area contributed by atoms with Crippen molar-refractivity contribution in [1.29, 1.82) is 0 Å². The van der Waals surface area contributed by atoms with Crippen molar-refractivity contribution < 1.29 is 35.8 Å². The number of aromatic nitrogens is 7. The molecule has 0 bridgehead atoms. The Hall–Kier alpha value is -4.15. The molecule has 0 amide bonds. The number of nitrogens with one attached hydrogen (secondary N) is 2. The number of hydrogen-bond donors (Lipinski definition) is 2. The third kappa shape index (κ3) is 5.50. The van der Waals surface area contributed by atoms with Crippen LogP contribution in [0.25, 0.3) is 17.0 Å². The average Bonchev–Trinajstić information content (AvgIpc) is 3.50. The molecule has 11 nitrogen and oxygen atoms in total. The molecule has 0 saturated carbocycles. The van der Waals surface area contributed by atoms with Crippen LogP contribution in [0.3, 0.4) is 0 Å². The first-order valence-electron chi connectivity index (χ1n) is 10.7. The monoisotopic (exact) mass is 529 g/mol. The van der Waals surface area contributed by atoms with Crippen LogP contribution >= 0.6 is 0 Å². The van der Waals surface area contributed by atoms with E-state index in [1.165, 1.54) is 12.1 Å². The first kappa shape index (κ1) is 24.5. The number of morpholine rings is 1. The molecule has 1 aliphatic rings. The van der Waals surface area contributed by atoms with Gasteiger partial charge < -0.3 is 24.7 Å². The van der Waals surface area contributed by atoms with Crippen LogP contribution in [0.2, 0.25) is 0 Å². The third-order valence-electron chi connectivity index (χ3n) is 5.26. The average molecular weight is 529 g/mol. The SMILES string of the molecule is FC(F)(F)Oc1ccc(-c2nnc(CNc3nc(N4CCOCC4)nc4c(C(F)(F)F)cnn34)[nH]2)cc1. The van der Waals surface area contributed by atoms with E-state index in [0.29, 0.717) is 38.1 Å². The topological polar surface area (TPSA) is 118 Å². The number of nitrogens with zero attached hydrogens (tertiary/aromatic N) is 7. The number of aromatic amines is 1. The predicted octanol–water partition coefficient (Wildman–Crippen LogP) is 3.28. The summed E-state index contributed by atoms with van der Waals surface area (Å²) in [5.74, 6) is 0.237. The van der Waals surface area contributed by atoms with Crippen LogP contribution in [0.4, 0.5) is 38.2 Å². The Morgan fingerprint density at radius 1 is 1.00 bits per heavy atom. The van der Waals surface area contributed by atoms with E-state index in [9.17, 15) is 26.3 Å². The van der Waals surface area contributed by atoms with Crippen LogP contribution in [0.5, 0.6) is 5.75 Å². The number of ether oxygens (including phenoxy) is 2. The highest BCUT2D eigenvalue weighted by atomic mass is 19.4. The molecule has 0 radical (unpaired) electrons. The minimum atomic E-state index is -4.81. The van der Waals surface area contributed by atoms with Gasteiger partial charge in [-0.15, -0.1) is 23.4 Å². The number of anilines is 2. The molecule has 3 aromatic heterocycles. The van der Waals surface area contributed by atoms with Crippen LogP contribution < -0.4 is 15.0 Å². The minimum absolute atomic E-state index is 0.00593. The van der Waals surface area contributed by atoms with E-state index in [4.69, 9.17) is 4.74 Å². The number of H-pyrrole nitrogens is 1. The van der Waals surface area contributed by atoms with Crippen LogP contribution in [0.15, 0.2) is 30.5 Å². The molecule has 5 rings (SSSR count). The zero-order chi connectivity index (χ0) is 26.2. The van der Waals surface area contributed by atoms with Crippen molar-refractivity contribution in [3.8, 4) is 17.1 Å². The van der Waals surface area contributed by atoms with Crippen LogP contribution in [0.1, 0.15) is 11.4 Å². The molecule has 4 heterocycles. The lowest BCUT2D eigenvalue weighted by atomic mass is 10.2. The third-order valence-corrected chi connectivity index (χ3v) is 5.26. The summed E-state index contributed by atoms with van der Waals surface area (Å²) in [5.41, 5.74) is -0.979. The van der Waals surface area contributed by atoms with Crippen molar-refractivity contribution >= 4 is 17.5 Å². The number of fused-ring (bicyclic) bond motifs is 1. The normalized spacial score (nSPS) is 14.8. The molecule has 1 aromatic carbocycles. The van der Waals surface area contributed by atoms with Crippen molar-refractivity contribution in [3.05, 3.63) is 41.9 Å². The molecule has 17 heteroatoms. The fraction of sp³-hybridized carbons (Fsp3) is 0.350. The molecule has 1 fully saturated rings. The number of alkyl halides is 6. The van der Waals surface area contributed by atoms with E-state index in [2.05, 4.69) is 40.3 Å². The first-order valence-corrected chi connectivity index (χ1v) is 10.7. The molecule has 0 unspecified atom stereocenters. The number of halogens is 6. The number of benzene rings is 1. The van der Waals surface area contributed by atoms with Crippen molar-refractivity contribution in [2.45, 2.75) is 19.1 Å². The van der Waals surface area contributed by atoms with Gasteiger partial charge >= 0.3 is 12.5 Å². The van der Waals surface area contributed by atoms with Gasteiger partial charge in [-0.3, -0.25) is 0 Å². The van der Waals surface area contributed by atoms with E-state index in [0.717, 1.165) is 16.6 Å². The lowest BCUT2D eigenvalue weighted by Gasteiger charge is -2.27. The summed E-state index contributed by atoms with van der Waals surface area (Å²) in [4.78, 5) is 13.1. The molecular weight excluding hydrogens is 512 g/mol. The lowest BCUT2D eigenvalue weighted by molar-refractivity contribution is -0.274. The van der Waals surface area contributed by atoms with Gasteiger partial charge in [0.15, 0.2) is 11.5 Å². The maximum absolute atomic E-state index is 13.5. The lowest BCUT2D eigenvalue weighted by Crippen LogP contribution is -2.37. The van der Waals surface area contributed by atoms with E-state index in [1.54, 1.807) is 4.90 Å². The summed E-state index contributed by atoms with van der Waals surface area (Å²) in [6, 6.07) is 4.99. The molecule has 1 aliphatic heterocycles. The molecule has 4 aromatic rings. The van der Waals surface area contributed by atoms with Crippen LogP contribution in [-0.2, 0) is 17.5 Å². The van der Waals surface area contributed by atoms with Gasteiger partial charge in [-0.1, -0.05) is 0 Å². The van der Waals surface area contributed by atoms with Crippen molar-refractivity contribution in [3.63, 3.8) is 0 Å². The van der Waals surface area contributed by atoms with Crippen molar-refractivity contribution in [1.82, 2.24) is 34.8 Å². The summed E-state index contributed by atoms with van der Waals surface area (Å²) in [6.45, 7) is 1.55. The Kier molecular flexibility index (Phi) is 6.22. The van der Waals surface area contributed by atoms with Crippen molar-refractivity contribution in [2.75, 3.05) is 36.5 Å². The summed E-state index contributed by atoms with van der Waals surface area (Å²) in [7, 11) is 0. The van der Waals surface area contributed by atoms with E-state index < -0.39 is 23.7 Å². The summed E-state index contributed by atoms with van der Waals surface area (Å²) >= 11 is 0. The molecule has 1 saturated heterocycles. The Morgan fingerprint density at radius 2 is 1.73 bits per heavy atom. The highest BCUT2D eigenvalue weighted by molar-refractivity contribution is 5.57. The van der Waals surface area contributed by atoms with Crippen molar-refractivity contribution in [2.24, 2.45) is 0 Å². The second-order valence-electron chi connectivity index (χ2n) is 7.78. The van der Waals surface area contributed by atoms with Crippen LogP contribution in [-0.4, -0.2) is 67.4 Å². The number of rotatable bonds is 6. The molecule has 37 heavy (non-hydrogen) atoms. The summed E-state index contributed by atoms with van der Waals surface area (Å²) < 4.78 is 87.7. The summed E-state index contributed by atoms with van der Waals surface area (Å²) in [6.07, 6.45) is -8.80. The molecule has 0 spiro atoms. The van der Waals surface area contributed by atoms with Gasteiger partial charge in [0.2, 0.25) is 11.9 Å². The van der Waals surface area contributed by atoms with Gasteiger partial charge in [-0.2, -0.15) is 32.8 Å². The zero-order valence-corrected chi connectivity index (χ0v) is 18.6. The van der Waals surface area contributed by atoms with Gasteiger partial charge in [0.1, 0.15) is 17.1 Å². The molecule has 0 aliphatic carbocycles. The maximum atomic E-state index is 13.5. The van der Waals surface area contributed by atoms with Gasteiger partial charge in [-0.25, -0.2) is 0 Å². The van der Waals surface area contributed by atoms with Gasteiger partial charge in [0.25, 0.3) is 0 Å². The Balaban J connectivity index is 1.37. The highest BCUT2D eigenvalue weighted by Gasteiger charge is 2.36. The second-order valence-corrected chi connectivity index (χ2v) is 7.78. The van der Waals surface area contributed by atoms with Gasteiger partial charge in [0.05, 0.1) is 26.0 Å². The maximum Gasteiger partial charge on any atom is 0.573 e. The Bertz CT molecular complexity index is 1380. The highest BCUT2D eigenvalue weighted by Crippen LogP contribution is 2.33. The number of hydrogen-bond acceptors (Lipinski definition) is 9. The van der Waals surface area contributed by atoms with E-state index >= 15 is 0 Å². The first-order chi connectivity index (χ1) is 17.6. The fourth-order valence-electron chi connectivity index (χ4n) is 3.57. The predicted molar refractivity (Wildman–Crippen MR) is 115 cm³/mol. The summed E-state index contributed by atoms with van der Waals surface area (Å²) in [5, 5.41) is 14.6. The minimum Gasteiger partial charge on any atom is -0.406 e. The quantitative estimate of drug-likeness (QED) is 0.363. The standard InChI is InChI=1S/C20H17F6N9O2/c21-19(22,23)13-9-28-35-16(13)30-18(34-5-7-36-8-6-34)31-17(35)27-10-14-29-15(33-32-14)11-1-3-12(4-2-11)37-20(24,25)26/h1-4,9H,5-8,10H2,(H,27,30,31)(H,29,32,33).